The van der Waals surface area contributed by atoms with Crippen molar-refractivity contribution in [1.82, 2.24) is 9.55 Å². The molecule has 2 aromatic carbocycles. The van der Waals surface area contributed by atoms with Crippen LogP contribution in [0, 0.1) is 0 Å². The molecule has 0 aliphatic carbocycles. The number of hydrogen-bond donors (Lipinski definition) is 0. The highest BCUT2D eigenvalue weighted by atomic mass is 32.2. The largest absolute Gasteiger partial charge is 0.319 e. The minimum Gasteiger partial charge on any atom is -0.319 e. The number of carbonyl (C=O) groups is 1. The van der Waals surface area contributed by atoms with Crippen LogP contribution in [0.3, 0.4) is 0 Å². The first kappa shape index (κ1) is 13.9. The summed E-state index contributed by atoms with van der Waals surface area (Å²) >= 11 is 1.23. The molecule has 21 heavy (non-hydrogen) atoms. The van der Waals surface area contributed by atoms with E-state index < -0.39 is 0 Å². The Labute approximate surface area is 128 Å². The van der Waals surface area contributed by atoms with Gasteiger partial charge in [-0.1, -0.05) is 42.5 Å². The van der Waals surface area contributed by atoms with Crippen LogP contribution in [0.2, 0.25) is 0 Å². The molecule has 3 nitrogen and oxygen atoms in total. The second kappa shape index (κ2) is 6.14. The predicted octanol–water partition coefficient (Wildman–Crippen LogP) is 3.92. The Morgan fingerprint density at radius 2 is 1.81 bits per heavy atom. The molecule has 0 aliphatic heterocycles. The van der Waals surface area contributed by atoms with E-state index in [4.69, 9.17) is 0 Å². The van der Waals surface area contributed by atoms with E-state index in [1.807, 2.05) is 54.6 Å². The monoisotopic (exact) mass is 296 g/mol. The molecule has 0 bridgehead atoms. The van der Waals surface area contributed by atoms with E-state index in [1.165, 1.54) is 11.8 Å². The Bertz CT molecular complexity index is 765. The van der Waals surface area contributed by atoms with Crippen LogP contribution in [0.4, 0.5) is 0 Å². The van der Waals surface area contributed by atoms with Crippen molar-refractivity contribution in [3.8, 4) is 0 Å². The molecule has 0 aliphatic rings. The van der Waals surface area contributed by atoms with Crippen LogP contribution < -0.4 is 0 Å². The molecule has 4 heteroatoms. The van der Waals surface area contributed by atoms with Crippen molar-refractivity contribution in [3.05, 3.63) is 60.2 Å². The molecule has 1 aromatic heterocycles. The van der Waals surface area contributed by atoms with Gasteiger partial charge in [-0.3, -0.25) is 4.79 Å². The van der Waals surface area contributed by atoms with Gasteiger partial charge in [-0.2, -0.15) is 0 Å². The summed E-state index contributed by atoms with van der Waals surface area (Å²) in [4.78, 5) is 16.8. The number of aryl methyl sites for hydroxylation is 1. The fourth-order valence-electron chi connectivity index (χ4n) is 2.34. The lowest BCUT2D eigenvalue weighted by atomic mass is 10.2. The van der Waals surface area contributed by atoms with Crippen LogP contribution in [0.5, 0.6) is 0 Å². The van der Waals surface area contributed by atoms with E-state index in [0.29, 0.717) is 6.42 Å². The fourth-order valence-corrected chi connectivity index (χ4v) is 3.26. The Morgan fingerprint density at radius 3 is 2.57 bits per heavy atom. The maximum Gasteiger partial charge on any atom is 0.200 e. The van der Waals surface area contributed by atoms with Crippen LogP contribution in [0.1, 0.15) is 12.5 Å². The molecular weight excluding hydrogens is 280 g/mol. The van der Waals surface area contributed by atoms with E-state index >= 15 is 0 Å². The Kier molecular flexibility index (Phi) is 4.06. The van der Waals surface area contributed by atoms with Gasteiger partial charge in [-0.15, -0.1) is 0 Å². The quantitative estimate of drug-likeness (QED) is 0.684. The third-order valence-electron chi connectivity index (χ3n) is 3.33. The van der Waals surface area contributed by atoms with Gasteiger partial charge in [0.05, 0.1) is 11.0 Å². The zero-order valence-corrected chi connectivity index (χ0v) is 12.6. The molecule has 0 N–H and O–H groups in total. The van der Waals surface area contributed by atoms with Gasteiger partial charge >= 0.3 is 0 Å². The first-order valence-electron chi connectivity index (χ1n) is 6.98. The normalized spacial score (nSPS) is 10.9. The summed E-state index contributed by atoms with van der Waals surface area (Å²) in [6.45, 7) is 2.88. The van der Waals surface area contributed by atoms with E-state index in [2.05, 4.69) is 16.5 Å². The van der Waals surface area contributed by atoms with E-state index in [1.54, 1.807) is 0 Å². The summed E-state index contributed by atoms with van der Waals surface area (Å²) in [6.07, 6.45) is 0.429. The molecule has 0 radical (unpaired) electrons. The number of imidazole rings is 1. The molecule has 1 heterocycles. The van der Waals surface area contributed by atoms with E-state index in [9.17, 15) is 4.79 Å². The third-order valence-corrected chi connectivity index (χ3v) is 4.20. The van der Waals surface area contributed by atoms with E-state index in [-0.39, 0.29) is 5.12 Å². The first-order chi connectivity index (χ1) is 10.3. The lowest BCUT2D eigenvalue weighted by Crippen LogP contribution is -2.02. The second-order valence-electron chi connectivity index (χ2n) is 4.76. The van der Waals surface area contributed by atoms with Crippen molar-refractivity contribution in [2.75, 3.05) is 0 Å². The molecule has 3 aromatic rings. The zero-order valence-electron chi connectivity index (χ0n) is 11.8. The van der Waals surface area contributed by atoms with Crippen LogP contribution >= 0.6 is 11.8 Å². The van der Waals surface area contributed by atoms with Gasteiger partial charge in [0.2, 0.25) is 5.12 Å². The minimum atomic E-state index is 0.117. The molecule has 0 fully saturated rings. The molecule has 3 rings (SSSR count). The molecule has 106 valence electrons. The van der Waals surface area contributed by atoms with Crippen molar-refractivity contribution in [3.63, 3.8) is 0 Å². The molecule has 0 atom stereocenters. The van der Waals surface area contributed by atoms with Gasteiger partial charge in [0.1, 0.15) is 0 Å². The molecular formula is C17H16N2OS. The summed E-state index contributed by atoms with van der Waals surface area (Å²) in [5.41, 5.74) is 3.05. The van der Waals surface area contributed by atoms with Crippen molar-refractivity contribution in [1.29, 1.82) is 0 Å². The average molecular weight is 296 g/mol. The van der Waals surface area contributed by atoms with Crippen LogP contribution in [-0.2, 0) is 17.8 Å². The fraction of sp³-hybridized carbons (Fsp3) is 0.176. The number of hydrogen-bond acceptors (Lipinski definition) is 3. The predicted molar refractivity (Wildman–Crippen MR) is 86.4 cm³/mol. The van der Waals surface area contributed by atoms with Gasteiger partial charge in [0.15, 0.2) is 5.16 Å². The highest BCUT2D eigenvalue weighted by Gasteiger charge is 2.14. The van der Waals surface area contributed by atoms with Gasteiger partial charge in [-0.05, 0) is 36.4 Å². The SMILES string of the molecule is CCn1c(SC(=O)Cc2ccccc2)nc2ccccc21. The number of rotatable bonds is 4. The van der Waals surface area contributed by atoms with Crippen molar-refractivity contribution < 1.29 is 4.79 Å². The second-order valence-corrected chi connectivity index (χ2v) is 5.79. The third kappa shape index (κ3) is 3.00. The van der Waals surface area contributed by atoms with Gasteiger partial charge < -0.3 is 4.57 Å². The summed E-state index contributed by atoms with van der Waals surface area (Å²) in [5, 5.41) is 0.894. The number of benzene rings is 2. The summed E-state index contributed by atoms with van der Waals surface area (Å²) in [6, 6.07) is 17.8. The van der Waals surface area contributed by atoms with Crippen molar-refractivity contribution in [2.45, 2.75) is 25.0 Å². The standard InChI is InChI=1S/C17H16N2OS/c1-2-19-15-11-7-6-10-14(15)18-17(19)21-16(20)12-13-8-4-3-5-9-13/h3-11H,2,12H2,1H3. The molecule has 0 saturated heterocycles. The van der Waals surface area contributed by atoms with Gasteiger partial charge in [0.25, 0.3) is 0 Å². The van der Waals surface area contributed by atoms with Crippen molar-refractivity contribution >= 4 is 27.9 Å². The number of para-hydroxylation sites is 2. The Morgan fingerprint density at radius 1 is 1.10 bits per heavy atom. The van der Waals surface area contributed by atoms with Crippen molar-refractivity contribution in [2.24, 2.45) is 0 Å². The lowest BCUT2D eigenvalue weighted by molar-refractivity contribution is -0.110. The topological polar surface area (TPSA) is 34.9 Å². The maximum absolute atomic E-state index is 12.2. The molecule has 0 amide bonds. The minimum absolute atomic E-state index is 0.117. The van der Waals surface area contributed by atoms with E-state index in [0.717, 1.165) is 28.3 Å². The Balaban J connectivity index is 1.83. The lowest BCUT2D eigenvalue weighted by Gasteiger charge is -2.04. The number of aromatic nitrogens is 2. The van der Waals surface area contributed by atoms with Crippen LogP contribution in [0.25, 0.3) is 11.0 Å². The highest BCUT2D eigenvalue weighted by molar-refractivity contribution is 8.13. The zero-order chi connectivity index (χ0) is 14.7. The Hall–Kier alpha value is -2.07. The number of fused-ring (bicyclic) bond motifs is 1. The smallest absolute Gasteiger partial charge is 0.200 e. The molecule has 0 saturated carbocycles. The highest BCUT2D eigenvalue weighted by Crippen LogP contribution is 2.25. The molecule has 0 unspecified atom stereocenters. The number of thioether (sulfide) groups is 1. The summed E-state index contributed by atoms with van der Waals surface area (Å²) < 4.78 is 2.09. The first-order valence-corrected chi connectivity index (χ1v) is 7.79. The van der Waals surface area contributed by atoms with Crippen LogP contribution in [-0.4, -0.2) is 14.7 Å². The summed E-state index contributed by atoms with van der Waals surface area (Å²) in [5.74, 6) is 0. The van der Waals surface area contributed by atoms with Gasteiger partial charge in [0, 0.05) is 13.0 Å². The maximum atomic E-state index is 12.2. The number of carbonyl (C=O) groups excluding carboxylic acids is 1. The molecule has 0 spiro atoms. The summed E-state index contributed by atoms with van der Waals surface area (Å²) in [7, 11) is 0. The van der Waals surface area contributed by atoms with Gasteiger partial charge in [-0.25, -0.2) is 4.98 Å². The van der Waals surface area contributed by atoms with Crippen LogP contribution in [0.15, 0.2) is 59.8 Å². The average Bonchev–Trinajstić information content (AvgIpc) is 2.85. The number of nitrogens with zero attached hydrogens (tertiary/aromatic N) is 2.